The number of nitro benzene ring substituents is 1. The summed E-state index contributed by atoms with van der Waals surface area (Å²) >= 11 is 0. The van der Waals surface area contributed by atoms with Crippen LogP contribution in [0.4, 0.5) is 5.69 Å². The van der Waals surface area contributed by atoms with Gasteiger partial charge in [-0.3, -0.25) is 14.9 Å². The average Bonchev–Trinajstić information content (AvgIpc) is 3.21. The van der Waals surface area contributed by atoms with Gasteiger partial charge in [0.25, 0.3) is 0 Å². The van der Waals surface area contributed by atoms with Gasteiger partial charge >= 0.3 is 11.7 Å². The molecule has 0 saturated heterocycles. The molecule has 0 bridgehead atoms. The lowest BCUT2D eigenvalue weighted by Gasteiger charge is -2.21. The molecule has 0 heterocycles. The maximum atomic E-state index is 12.1. The molecule has 0 spiro atoms. The van der Waals surface area contributed by atoms with E-state index in [-0.39, 0.29) is 29.1 Å². The molecule has 1 fully saturated rings. The fourth-order valence-electron chi connectivity index (χ4n) is 4.43. The molecule has 166 valence electrons. The topological polar surface area (TPSA) is 78.7 Å². The van der Waals surface area contributed by atoms with E-state index in [1.165, 1.54) is 13.2 Å². The van der Waals surface area contributed by atoms with E-state index >= 15 is 0 Å². The van der Waals surface area contributed by atoms with Crippen LogP contribution in [0.1, 0.15) is 38.2 Å². The van der Waals surface area contributed by atoms with E-state index in [0.29, 0.717) is 29.2 Å². The number of benzene rings is 3. The maximum Gasteiger partial charge on any atom is 0.311 e. The van der Waals surface area contributed by atoms with Crippen molar-refractivity contribution >= 4 is 22.4 Å². The molecule has 2 atom stereocenters. The lowest BCUT2D eigenvalue weighted by Crippen LogP contribution is -2.20. The predicted molar refractivity (Wildman–Crippen MR) is 124 cm³/mol. The van der Waals surface area contributed by atoms with Gasteiger partial charge < -0.3 is 9.47 Å². The number of carbonyl (C=O) groups is 1. The number of nitrogens with zero attached hydrogens (tertiary/aromatic N) is 1. The van der Waals surface area contributed by atoms with Crippen molar-refractivity contribution in [1.29, 1.82) is 0 Å². The van der Waals surface area contributed by atoms with Crippen LogP contribution < -0.4 is 4.74 Å². The number of aryl methyl sites for hydroxylation is 1. The average molecular weight is 434 g/mol. The molecule has 1 aliphatic carbocycles. The van der Waals surface area contributed by atoms with Crippen LogP contribution in [-0.2, 0) is 16.0 Å². The van der Waals surface area contributed by atoms with Gasteiger partial charge in [-0.2, -0.15) is 0 Å². The van der Waals surface area contributed by atoms with Crippen LogP contribution in [0.25, 0.3) is 21.9 Å². The minimum atomic E-state index is -0.388. The number of hydrogen-bond donors (Lipinski definition) is 0. The maximum absolute atomic E-state index is 12.1. The van der Waals surface area contributed by atoms with Crippen molar-refractivity contribution in [2.75, 3.05) is 7.11 Å². The fourth-order valence-corrected chi connectivity index (χ4v) is 4.43. The van der Waals surface area contributed by atoms with Crippen molar-refractivity contribution in [3.63, 3.8) is 0 Å². The zero-order chi connectivity index (χ0) is 22.7. The first-order valence-corrected chi connectivity index (χ1v) is 11.0. The number of nitro groups is 1. The number of fused-ring (bicyclic) bond motifs is 1. The van der Waals surface area contributed by atoms with Gasteiger partial charge in [0.2, 0.25) is 5.75 Å². The van der Waals surface area contributed by atoms with Gasteiger partial charge in [0.15, 0.2) is 0 Å². The molecular formula is C26H27NO5. The van der Waals surface area contributed by atoms with Crippen molar-refractivity contribution in [3.8, 4) is 16.9 Å². The van der Waals surface area contributed by atoms with Crippen molar-refractivity contribution in [2.45, 2.75) is 45.1 Å². The molecule has 6 heteroatoms. The molecule has 1 aliphatic rings. The van der Waals surface area contributed by atoms with Crippen LogP contribution in [0.15, 0.2) is 54.6 Å². The Morgan fingerprint density at radius 3 is 2.56 bits per heavy atom. The third kappa shape index (κ3) is 4.59. The predicted octanol–water partition coefficient (Wildman–Crippen LogP) is 6.09. The van der Waals surface area contributed by atoms with Gasteiger partial charge in [0.1, 0.15) is 6.10 Å². The quantitative estimate of drug-likeness (QED) is 0.256. The highest BCUT2D eigenvalue weighted by atomic mass is 16.6. The molecule has 3 aromatic rings. The number of esters is 1. The Labute approximate surface area is 187 Å². The second kappa shape index (κ2) is 9.39. The molecular weight excluding hydrogens is 406 g/mol. The van der Waals surface area contributed by atoms with E-state index in [1.807, 2.05) is 48.5 Å². The van der Waals surface area contributed by atoms with Gasteiger partial charge in [0, 0.05) is 18.1 Å². The molecule has 0 aromatic heterocycles. The lowest BCUT2D eigenvalue weighted by atomic mass is 9.96. The SMILES string of the molecule is COC(=O)CCc1cc(-c2ccc3ccccc3c2)c(O[C@@H]2CCC[C@@H]2C)c([N+](=O)[O-])c1. The van der Waals surface area contributed by atoms with Gasteiger partial charge in [-0.25, -0.2) is 0 Å². The summed E-state index contributed by atoms with van der Waals surface area (Å²) in [6, 6.07) is 17.5. The minimum Gasteiger partial charge on any atom is -0.483 e. The zero-order valence-electron chi connectivity index (χ0n) is 18.4. The summed E-state index contributed by atoms with van der Waals surface area (Å²) in [5.41, 5.74) is 2.18. The third-order valence-electron chi connectivity index (χ3n) is 6.28. The molecule has 1 saturated carbocycles. The first-order valence-electron chi connectivity index (χ1n) is 11.0. The summed E-state index contributed by atoms with van der Waals surface area (Å²) in [4.78, 5) is 23.3. The van der Waals surface area contributed by atoms with Gasteiger partial charge in [-0.15, -0.1) is 0 Å². The lowest BCUT2D eigenvalue weighted by molar-refractivity contribution is -0.386. The Morgan fingerprint density at radius 2 is 1.88 bits per heavy atom. The van der Waals surface area contributed by atoms with Crippen LogP contribution in [-0.4, -0.2) is 24.1 Å². The molecule has 0 radical (unpaired) electrons. The summed E-state index contributed by atoms with van der Waals surface area (Å²) in [6.45, 7) is 2.13. The molecule has 6 nitrogen and oxygen atoms in total. The van der Waals surface area contributed by atoms with Gasteiger partial charge in [-0.1, -0.05) is 43.3 Å². The van der Waals surface area contributed by atoms with Gasteiger partial charge in [0.05, 0.1) is 12.0 Å². The second-order valence-electron chi connectivity index (χ2n) is 8.45. The van der Waals surface area contributed by atoms with Crippen LogP contribution in [0, 0.1) is 16.0 Å². The Bertz CT molecular complexity index is 1160. The van der Waals surface area contributed by atoms with E-state index in [2.05, 4.69) is 6.92 Å². The van der Waals surface area contributed by atoms with E-state index in [4.69, 9.17) is 9.47 Å². The Morgan fingerprint density at radius 1 is 1.09 bits per heavy atom. The number of carbonyl (C=O) groups excluding carboxylic acids is 1. The Hall–Kier alpha value is -3.41. The van der Waals surface area contributed by atoms with Crippen LogP contribution in [0.5, 0.6) is 5.75 Å². The Kier molecular flexibility index (Phi) is 6.40. The second-order valence-corrected chi connectivity index (χ2v) is 8.45. The number of ether oxygens (including phenoxy) is 2. The minimum absolute atomic E-state index is 0.0474. The summed E-state index contributed by atoms with van der Waals surface area (Å²) in [6.07, 6.45) is 3.47. The third-order valence-corrected chi connectivity index (χ3v) is 6.28. The van der Waals surface area contributed by atoms with Crippen molar-refractivity contribution in [3.05, 3.63) is 70.3 Å². The fraction of sp³-hybridized carbons (Fsp3) is 0.346. The van der Waals surface area contributed by atoms with Crippen molar-refractivity contribution in [2.24, 2.45) is 5.92 Å². The summed E-state index contributed by atoms with van der Waals surface area (Å²) in [7, 11) is 1.34. The number of hydrogen-bond acceptors (Lipinski definition) is 5. The zero-order valence-corrected chi connectivity index (χ0v) is 18.4. The van der Waals surface area contributed by atoms with Crippen LogP contribution in [0.2, 0.25) is 0 Å². The molecule has 3 aromatic carbocycles. The van der Waals surface area contributed by atoms with E-state index in [9.17, 15) is 14.9 Å². The van der Waals surface area contributed by atoms with Gasteiger partial charge in [-0.05, 0) is 65.6 Å². The van der Waals surface area contributed by atoms with Crippen LogP contribution >= 0.6 is 0 Å². The Balaban J connectivity index is 1.84. The highest BCUT2D eigenvalue weighted by molar-refractivity contribution is 5.89. The van der Waals surface area contributed by atoms with E-state index in [0.717, 1.165) is 35.6 Å². The normalized spacial score (nSPS) is 17.9. The molecule has 0 amide bonds. The molecule has 32 heavy (non-hydrogen) atoms. The molecule has 0 N–H and O–H groups in total. The first kappa shape index (κ1) is 21.8. The highest BCUT2D eigenvalue weighted by Crippen LogP contribution is 2.43. The largest absolute Gasteiger partial charge is 0.483 e. The molecule has 4 rings (SSSR count). The molecule has 0 unspecified atom stereocenters. The summed E-state index contributed by atoms with van der Waals surface area (Å²) < 4.78 is 11.1. The molecule has 0 aliphatic heterocycles. The summed E-state index contributed by atoms with van der Waals surface area (Å²) in [5.74, 6) is 0.309. The summed E-state index contributed by atoms with van der Waals surface area (Å²) in [5, 5.41) is 14.2. The monoisotopic (exact) mass is 433 g/mol. The van der Waals surface area contributed by atoms with E-state index in [1.54, 1.807) is 0 Å². The standard InChI is InChI=1S/C26H27NO5/c1-17-6-5-9-24(17)32-26-22(21-12-11-19-7-3-4-8-20(19)16-21)14-18(10-13-25(28)31-2)15-23(26)27(29)30/h3-4,7-8,11-12,14-17,24H,5-6,9-10,13H2,1-2H3/t17-,24+/m0/s1. The van der Waals surface area contributed by atoms with Crippen molar-refractivity contribution in [1.82, 2.24) is 0 Å². The number of methoxy groups -OCH3 is 1. The smallest absolute Gasteiger partial charge is 0.311 e. The number of rotatable bonds is 7. The van der Waals surface area contributed by atoms with E-state index < -0.39 is 0 Å². The van der Waals surface area contributed by atoms with Crippen molar-refractivity contribution < 1.29 is 19.2 Å². The van der Waals surface area contributed by atoms with Crippen LogP contribution in [0.3, 0.4) is 0 Å². The highest BCUT2D eigenvalue weighted by Gasteiger charge is 2.30. The first-order chi connectivity index (χ1) is 15.5.